The van der Waals surface area contributed by atoms with Gasteiger partial charge in [-0.05, 0) is 55.5 Å². The van der Waals surface area contributed by atoms with Gasteiger partial charge in [-0.25, -0.2) is 9.69 Å². The van der Waals surface area contributed by atoms with Crippen molar-refractivity contribution in [3.05, 3.63) is 28.8 Å². The Morgan fingerprint density at radius 3 is 2.48 bits per heavy atom. The first-order valence-electron chi connectivity index (χ1n) is 8.91. The Hall–Kier alpha value is -1.19. The van der Waals surface area contributed by atoms with Crippen LogP contribution in [0.5, 0.6) is 5.75 Å². The third kappa shape index (κ3) is 5.20. The molecule has 1 heterocycles. The number of amides is 1. The van der Waals surface area contributed by atoms with Gasteiger partial charge in [0.1, 0.15) is 11.1 Å². The van der Waals surface area contributed by atoms with Crippen molar-refractivity contribution in [2.24, 2.45) is 11.8 Å². The summed E-state index contributed by atoms with van der Waals surface area (Å²) < 4.78 is 27.3. The van der Waals surface area contributed by atoms with Crippen LogP contribution >= 0.6 is 11.6 Å². The number of hydrogen-bond donors (Lipinski definition) is 3. The maximum atomic E-state index is 12.1. The topological polar surface area (TPSA) is 99.1 Å². The van der Waals surface area contributed by atoms with Crippen LogP contribution in [0.3, 0.4) is 0 Å². The maximum Gasteiger partial charge on any atom is 0.249 e. The predicted octanol–water partition coefficient (Wildman–Crippen LogP) is 2.85. The summed E-state index contributed by atoms with van der Waals surface area (Å²) in [6, 6.07) is 5.58. The van der Waals surface area contributed by atoms with E-state index in [0.717, 1.165) is 24.2 Å². The molecular weight excluding hydrogens is 392 g/mol. The second kappa shape index (κ2) is 9.84. The minimum atomic E-state index is -2.23. The molecule has 3 atom stereocenters. The van der Waals surface area contributed by atoms with Gasteiger partial charge in [0.15, 0.2) is 11.1 Å². The van der Waals surface area contributed by atoms with E-state index in [-0.39, 0.29) is 11.8 Å². The fourth-order valence-electron chi connectivity index (χ4n) is 3.80. The van der Waals surface area contributed by atoms with E-state index in [1.807, 2.05) is 17.0 Å². The smallest absolute Gasteiger partial charge is 0.249 e. The van der Waals surface area contributed by atoms with Gasteiger partial charge in [-0.3, -0.25) is 14.9 Å². The minimum Gasteiger partial charge on any atom is -0.496 e. The Labute approximate surface area is 167 Å². The molecule has 1 amide bonds. The normalized spacial score (nSPS) is 19.5. The van der Waals surface area contributed by atoms with Crippen LogP contribution in [0.1, 0.15) is 38.2 Å². The Morgan fingerprint density at radius 1 is 1.37 bits per heavy atom. The van der Waals surface area contributed by atoms with Gasteiger partial charge in [-0.2, -0.15) is 0 Å². The fourth-order valence-corrected chi connectivity index (χ4v) is 5.12. The van der Waals surface area contributed by atoms with E-state index in [2.05, 4.69) is 0 Å². The van der Waals surface area contributed by atoms with Crippen molar-refractivity contribution in [2.45, 2.75) is 38.0 Å². The molecule has 1 fully saturated rings. The van der Waals surface area contributed by atoms with Crippen LogP contribution in [0.4, 0.5) is 0 Å². The zero-order valence-electron chi connectivity index (χ0n) is 15.7. The van der Waals surface area contributed by atoms with Crippen molar-refractivity contribution in [2.75, 3.05) is 20.2 Å². The van der Waals surface area contributed by atoms with Crippen LogP contribution in [0.2, 0.25) is 5.02 Å². The van der Waals surface area contributed by atoms with Crippen LogP contribution in [-0.4, -0.2) is 50.3 Å². The van der Waals surface area contributed by atoms with Crippen molar-refractivity contribution in [1.82, 2.24) is 10.4 Å². The molecule has 0 saturated carbocycles. The van der Waals surface area contributed by atoms with E-state index in [4.69, 9.17) is 21.5 Å². The maximum absolute atomic E-state index is 12.1. The Kier molecular flexibility index (Phi) is 8.05. The number of halogens is 1. The van der Waals surface area contributed by atoms with Gasteiger partial charge in [-0.15, -0.1) is 0 Å². The molecule has 1 aliphatic heterocycles. The second-order valence-electron chi connectivity index (χ2n) is 7.11. The van der Waals surface area contributed by atoms with Crippen LogP contribution in [0, 0.1) is 11.8 Å². The molecule has 0 radical (unpaired) electrons. The van der Waals surface area contributed by atoms with E-state index in [0.29, 0.717) is 18.1 Å². The SMILES string of the molecule is COc1cc(Cl)ccc1C1CCN(C(C(C(=O)NO)C(C)C)S(=O)O)CC1. The molecule has 27 heavy (non-hydrogen) atoms. The molecule has 152 valence electrons. The lowest BCUT2D eigenvalue weighted by Gasteiger charge is -2.39. The largest absolute Gasteiger partial charge is 0.496 e. The molecule has 7 nitrogen and oxygen atoms in total. The molecule has 0 bridgehead atoms. The third-order valence-electron chi connectivity index (χ3n) is 5.17. The number of likely N-dealkylation sites (tertiary alicyclic amines) is 1. The standard InChI is InChI=1S/C18H27ClN2O5S/c1-11(2)16(17(22)20-23)18(27(24)25)21-8-6-12(7-9-21)14-5-4-13(19)10-15(14)26-3/h4-5,10-12,16,18,23H,6-9H2,1-3H3,(H,20,22)(H,24,25). The van der Waals surface area contributed by atoms with E-state index < -0.39 is 28.3 Å². The Bertz CT molecular complexity index is 680. The number of nitrogens with one attached hydrogen (secondary N) is 1. The molecule has 1 aliphatic rings. The summed E-state index contributed by atoms with van der Waals surface area (Å²) in [4.78, 5) is 14.0. The minimum absolute atomic E-state index is 0.202. The molecule has 0 aromatic heterocycles. The summed E-state index contributed by atoms with van der Waals surface area (Å²) in [7, 11) is 1.61. The molecule has 0 spiro atoms. The quantitative estimate of drug-likeness (QED) is 0.357. The second-order valence-corrected chi connectivity index (χ2v) is 8.58. The number of methoxy groups -OCH3 is 1. The monoisotopic (exact) mass is 418 g/mol. The predicted molar refractivity (Wildman–Crippen MR) is 104 cm³/mol. The molecule has 0 aliphatic carbocycles. The lowest BCUT2D eigenvalue weighted by atomic mass is 9.87. The highest BCUT2D eigenvalue weighted by atomic mass is 35.5. The number of benzene rings is 1. The first kappa shape index (κ1) is 22.1. The molecule has 3 N–H and O–H groups in total. The number of piperidine rings is 1. The molecule has 1 saturated heterocycles. The average molecular weight is 419 g/mol. The molecule has 3 unspecified atom stereocenters. The zero-order chi connectivity index (χ0) is 20.1. The van der Waals surface area contributed by atoms with Crippen LogP contribution in [0.25, 0.3) is 0 Å². The summed E-state index contributed by atoms with van der Waals surface area (Å²) in [6.07, 6.45) is 1.52. The van der Waals surface area contributed by atoms with Crippen molar-refractivity contribution in [1.29, 1.82) is 0 Å². The number of hydroxylamine groups is 1. The number of carbonyl (C=O) groups excluding carboxylic acids is 1. The summed E-state index contributed by atoms with van der Waals surface area (Å²) in [5.41, 5.74) is 2.70. The summed E-state index contributed by atoms with van der Waals surface area (Å²) >= 11 is 3.81. The first-order chi connectivity index (χ1) is 12.8. The highest BCUT2D eigenvalue weighted by Gasteiger charge is 2.40. The summed E-state index contributed by atoms with van der Waals surface area (Å²) in [5, 5.41) is 8.77. The van der Waals surface area contributed by atoms with Crippen molar-refractivity contribution < 1.29 is 23.5 Å². The van der Waals surface area contributed by atoms with Crippen LogP contribution in [-0.2, 0) is 15.9 Å². The molecule has 2 rings (SSSR count). The van der Waals surface area contributed by atoms with E-state index >= 15 is 0 Å². The first-order valence-corrected chi connectivity index (χ1v) is 10.5. The number of ether oxygens (including phenoxy) is 1. The highest BCUT2D eigenvalue weighted by molar-refractivity contribution is 7.79. The molecule has 9 heteroatoms. The number of nitrogens with zero attached hydrogens (tertiary/aromatic N) is 1. The summed E-state index contributed by atoms with van der Waals surface area (Å²) in [6.45, 7) is 4.72. The van der Waals surface area contributed by atoms with Gasteiger partial charge in [0, 0.05) is 5.02 Å². The fraction of sp³-hybridized carbons (Fsp3) is 0.611. The van der Waals surface area contributed by atoms with Gasteiger partial charge >= 0.3 is 0 Å². The van der Waals surface area contributed by atoms with E-state index in [1.54, 1.807) is 32.5 Å². The molecule has 1 aromatic rings. The van der Waals surface area contributed by atoms with E-state index in [1.165, 1.54) is 0 Å². The number of rotatable bonds is 7. The number of hydrogen-bond acceptors (Lipinski definition) is 5. The van der Waals surface area contributed by atoms with Crippen molar-refractivity contribution in [3.63, 3.8) is 0 Å². The third-order valence-corrected chi connectivity index (χ3v) is 6.41. The van der Waals surface area contributed by atoms with E-state index in [9.17, 15) is 13.6 Å². The van der Waals surface area contributed by atoms with Crippen LogP contribution < -0.4 is 10.2 Å². The molecular formula is C18H27ClN2O5S. The van der Waals surface area contributed by atoms with Gasteiger partial charge in [0.05, 0.1) is 13.0 Å². The Balaban J connectivity index is 2.16. The molecule has 1 aromatic carbocycles. The number of carbonyl (C=O) groups is 1. The zero-order valence-corrected chi connectivity index (χ0v) is 17.3. The Morgan fingerprint density at radius 2 is 2.00 bits per heavy atom. The lowest BCUT2D eigenvalue weighted by molar-refractivity contribution is -0.136. The summed E-state index contributed by atoms with van der Waals surface area (Å²) in [5.74, 6) is -0.651. The van der Waals surface area contributed by atoms with Crippen molar-refractivity contribution >= 4 is 28.6 Å². The van der Waals surface area contributed by atoms with Crippen molar-refractivity contribution in [3.8, 4) is 5.75 Å². The van der Waals surface area contributed by atoms with Gasteiger partial charge in [0.2, 0.25) is 5.91 Å². The highest BCUT2D eigenvalue weighted by Crippen LogP contribution is 2.37. The van der Waals surface area contributed by atoms with Gasteiger partial charge in [0.25, 0.3) is 0 Å². The lowest BCUT2D eigenvalue weighted by Crippen LogP contribution is -2.52. The van der Waals surface area contributed by atoms with Gasteiger partial charge in [-0.1, -0.05) is 31.5 Å². The van der Waals surface area contributed by atoms with Crippen LogP contribution in [0.15, 0.2) is 18.2 Å². The average Bonchev–Trinajstić information content (AvgIpc) is 2.65. The van der Waals surface area contributed by atoms with Gasteiger partial charge < -0.3 is 9.29 Å².